The van der Waals surface area contributed by atoms with Crippen LogP contribution in [0.15, 0.2) is 59.8 Å². The normalized spacial score (nSPS) is 20.6. The second kappa shape index (κ2) is 11.5. The maximum atomic E-state index is 13.2. The van der Waals surface area contributed by atoms with Crippen LogP contribution in [-0.4, -0.2) is 78.5 Å². The topological polar surface area (TPSA) is 82.2 Å². The third-order valence-electron chi connectivity index (χ3n) is 6.69. The predicted octanol–water partition coefficient (Wildman–Crippen LogP) is 4.35. The Morgan fingerprint density at radius 3 is 2.46 bits per heavy atom. The summed E-state index contributed by atoms with van der Waals surface area (Å²) in [5.74, 6) is -0.538. The predicted molar refractivity (Wildman–Crippen MR) is 143 cm³/mol. The third-order valence-corrected chi connectivity index (χ3v) is 7.18. The van der Waals surface area contributed by atoms with Gasteiger partial charge in [-0.1, -0.05) is 35.3 Å². The molecule has 2 heterocycles. The summed E-state index contributed by atoms with van der Waals surface area (Å²) in [6, 6.07) is 12.9. The van der Waals surface area contributed by atoms with Gasteiger partial charge in [0.2, 0.25) is 0 Å². The Balaban J connectivity index is 1.59. The summed E-state index contributed by atoms with van der Waals surface area (Å²) in [7, 11) is 1.64. The Bertz CT molecular complexity index is 1220. The second-order valence-corrected chi connectivity index (χ2v) is 10.0. The van der Waals surface area contributed by atoms with Gasteiger partial charge in [-0.15, -0.1) is 0 Å². The van der Waals surface area contributed by atoms with E-state index in [1.54, 1.807) is 56.4 Å². The molecule has 0 unspecified atom stereocenters. The SMILES string of the molecule is CCOC(=O)C1=C(CN2CCN(C(=O)c3ccc(Cl)cc3)[C@@H](C)C2)N(C)C(=O)N[C@@H]1c1cccc(Cl)c1. The zero-order valence-corrected chi connectivity index (χ0v) is 22.6. The van der Waals surface area contributed by atoms with Gasteiger partial charge < -0.3 is 15.0 Å². The Kier molecular flexibility index (Phi) is 8.42. The second-order valence-electron chi connectivity index (χ2n) is 9.17. The maximum Gasteiger partial charge on any atom is 0.338 e. The highest BCUT2D eigenvalue weighted by Gasteiger charge is 2.38. The standard InChI is InChI=1S/C27H30Cl2N4O4/c1-4-37-26(35)23-22(31(3)27(36)30-24(23)19-6-5-7-21(29)14-19)16-32-12-13-33(17(2)15-32)25(34)18-8-10-20(28)11-9-18/h5-11,14,17,24H,4,12-13,15-16H2,1-3H3,(H,30,36)/t17-,24+/m0/s1. The van der Waals surface area contributed by atoms with Gasteiger partial charge in [0, 0.05) is 60.6 Å². The van der Waals surface area contributed by atoms with Gasteiger partial charge in [0.25, 0.3) is 5.91 Å². The van der Waals surface area contributed by atoms with Crippen molar-refractivity contribution in [1.82, 2.24) is 20.0 Å². The molecule has 1 fully saturated rings. The van der Waals surface area contributed by atoms with Gasteiger partial charge in [0.05, 0.1) is 18.2 Å². The van der Waals surface area contributed by atoms with E-state index in [1.165, 1.54) is 4.90 Å². The van der Waals surface area contributed by atoms with Crippen LogP contribution >= 0.6 is 23.2 Å². The van der Waals surface area contributed by atoms with Crippen molar-refractivity contribution >= 4 is 41.1 Å². The number of nitrogens with one attached hydrogen (secondary N) is 1. The summed E-state index contributed by atoms with van der Waals surface area (Å²) < 4.78 is 5.40. The lowest BCUT2D eigenvalue weighted by Crippen LogP contribution is -2.56. The van der Waals surface area contributed by atoms with Crippen LogP contribution in [0.4, 0.5) is 4.79 Å². The van der Waals surface area contributed by atoms with Gasteiger partial charge in [0.15, 0.2) is 0 Å². The number of benzene rings is 2. The lowest BCUT2D eigenvalue weighted by molar-refractivity contribution is -0.139. The van der Waals surface area contributed by atoms with Gasteiger partial charge in [-0.05, 0) is 55.8 Å². The van der Waals surface area contributed by atoms with Gasteiger partial charge in [-0.3, -0.25) is 14.6 Å². The van der Waals surface area contributed by atoms with E-state index in [-0.39, 0.29) is 24.6 Å². The molecule has 196 valence electrons. The number of hydrogen-bond acceptors (Lipinski definition) is 5. The van der Waals surface area contributed by atoms with Gasteiger partial charge in [-0.25, -0.2) is 9.59 Å². The minimum atomic E-state index is -0.693. The number of carbonyl (C=O) groups is 3. The molecule has 2 aliphatic rings. The van der Waals surface area contributed by atoms with E-state index < -0.39 is 12.0 Å². The summed E-state index contributed by atoms with van der Waals surface area (Å²) >= 11 is 12.2. The number of nitrogens with zero attached hydrogens (tertiary/aromatic N) is 3. The van der Waals surface area contributed by atoms with Gasteiger partial charge in [-0.2, -0.15) is 0 Å². The minimum absolute atomic E-state index is 0.0505. The highest BCUT2D eigenvalue weighted by Crippen LogP contribution is 2.33. The molecule has 8 nitrogen and oxygen atoms in total. The molecule has 37 heavy (non-hydrogen) atoms. The molecule has 2 aromatic rings. The van der Waals surface area contributed by atoms with Crippen LogP contribution in [-0.2, 0) is 9.53 Å². The summed E-state index contributed by atoms with van der Waals surface area (Å²) in [5, 5.41) is 3.99. The number of halogens is 2. The van der Waals surface area contributed by atoms with Crippen molar-refractivity contribution in [3.63, 3.8) is 0 Å². The summed E-state index contributed by atoms with van der Waals surface area (Å²) in [6.45, 7) is 5.97. The lowest BCUT2D eigenvalue weighted by Gasteiger charge is -2.42. The fraction of sp³-hybridized carbons (Fsp3) is 0.370. The number of esters is 1. The van der Waals surface area contributed by atoms with Crippen LogP contribution < -0.4 is 5.32 Å². The van der Waals surface area contributed by atoms with Crippen LogP contribution in [0.3, 0.4) is 0 Å². The van der Waals surface area contributed by atoms with Gasteiger partial charge in [0.1, 0.15) is 0 Å². The number of likely N-dealkylation sites (N-methyl/N-ethyl adjacent to an activating group) is 1. The fourth-order valence-corrected chi connectivity index (χ4v) is 5.11. The van der Waals surface area contributed by atoms with Crippen LogP contribution in [0.1, 0.15) is 35.8 Å². The van der Waals surface area contributed by atoms with Crippen molar-refractivity contribution in [3.05, 3.63) is 81.0 Å². The monoisotopic (exact) mass is 544 g/mol. The molecule has 2 aromatic carbocycles. The molecule has 0 spiro atoms. The van der Waals surface area contributed by atoms with E-state index in [0.29, 0.717) is 58.6 Å². The first kappa shape index (κ1) is 27.0. The number of rotatable bonds is 6. The molecule has 0 aliphatic carbocycles. The Morgan fingerprint density at radius 2 is 1.81 bits per heavy atom. The largest absolute Gasteiger partial charge is 0.463 e. The molecule has 10 heteroatoms. The van der Waals surface area contributed by atoms with E-state index in [1.807, 2.05) is 17.9 Å². The number of ether oxygens (including phenoxy) is 1. The minimum Gasteiger partial charge on any atom is -0.463 e. The Hall–Kier alpha value is -3.07. The van der Waals surface area contributed by atoms with Crippen molar-refractivity contribution in [2.45, 2.75) is 25.9 Å². The summed E-state index contributed by atoms with van der Waals surface area (Å²) in [4.78, 5) is 44.7. The third kappa shape index (κ3) is 5.92. The molecule has 0 aromatic heterocycles. The molecule has 0 radical (unpaired) electrons. The number of amides is 3. The van der Waals surface area contributed by atoms with E-state index in [4.69, 9.17) is 27.9 Å². The van der Waals surface area contributed by atoms with E-state index >= 15 is 0 Å². The highest BCUT2D eigenvalue weighted by atomic mass is 35.5. The first-order valence-corrected chi connectivity index (χ1v) is 12.9. The highest BCUT2D eigenvalue weighted by molar-refractivity contribution is 6.31. The molecule has 2 atom stereocenters. The average Bonchev–Trinajstić information content (AvgIpc) is 2.87. The summed E-state index contributed by atoms with van der Waals surface area (Å²) in [5.41, 5.74) is 2.22. The number of piperazine rings is 1. The Labute approximate surface area is 226 Å². The molecular formula is C27H30Cl2N4O4. The smallest absolute Gasteiger partial charge is 0.338 e. The lowest BCUT2D eigenvalue weighted by atomic mass is 9.94. The van der Waals surface area contributed by atoms with E-state index in [0.717, 1.165) is 0 Å². The molecule has 3 amide bonds. The molecule has 0 saturated carbocycles. The van der Waals surface area contributed by atoms with Crippen LogP contribution in [0.2, 0.25) is 10.0 Å². The zero-order chi connectivity index (χ0) is 26.7. The Morgan fingerprint density at radius 1 is 1.08 bits per heavy atom. The van der Waals surface area contributed by atoms with Crippen LogP contribution in [0, 0.1) is 0 Å². The van der Waals surface area contributed by atoms with Crippen molar-refractivity contribution < 1.29 is 19.1 Å². The number of urea groups is 1. The first-order valence-electron chi connectivity index (χ1n) is 12.2. The number of hydrogen-bond donors (Lipinski definition) is 1. The quantitative estimate of drug-likeness (QED) is 0.546. The fourth-order valence-electron chi connectivity index (χ4n) is 4.78. The molecule has 1 N–H and O–H groups in total. The maximum absolute atomic E-state index is 13.2. The van der Waals surface area contributed by atoms with E-state index in [2.05, 4.69) is 10.2 Å². The molecule has 0 bridgehead atoms. The zero-order valence-electron chi connectivity index (χ0n) is 21.0. The molecule has 2 aliphatic heterocycles. The average molecular weight is 545 g/mol. The van der Waals surface area contributed by atoms with Crippen LogP contribution in [0.25, 0.3) is 0 Å². The van der Waals surface area contributed by atoms with Crippen molar-refractivity contribution in [2.75, 3.05) is 39.8 Å². The molecular weight excluding hydrogens is 515 g/mol. The summed E-state index contributed by atoms with van der Waals surface area (Å²) in [6.07, 6.45) is 0. The van der Waals surface area contributed by atoms with Crippen molar-refractivity contribution in [1.29, 1.82) is 0 Å². The van der Waals surface area contributed by atoms with Crippen molar-refractivity contribution in [2.24, 2.45) is 0 Å². The van der Waals surface area contributed by atoms with Gasteiger partial charge >= 0.3 is 12.0 Å². The first-order chi connectivity index (χ1) is 17.7. The van der Waals surface area contributed by atoms with E-state index in [9.17, 15) is 14.4 Å². The van der Waals surface area contributed by atoms with Crippen LogP contribution in [0.5, 0.6) is 0 Å². The number of carbonyl (C=O) groups excluding carboxylic acids is 3. The molecule has 4 rings (SSSR count). The molecule has 1 saturated heterocycles. The van der Waals surface area contributed by atoms with Crippen molar-refractivity contribution in [3.8, 4) is 0 Å².